The SMILES string of the molecule is CCNC(=O)[C@H](C)[NH+]1CC[NH+](Cc2ccc(C(C)C)cc2)CC1. The van der Waals surface area contributed by atoms with Crippen molar-refractivity contribution in [3.63, 3.8) is 0 Å². The highest BCUT2D eigenvalue weighted by atomic mass is 16.2. The number of hydrogen-bond donors (Lipinski definition) is 3. The second kappa shape index (κ2) is 8.46. The molecule has 1 aromatic carbocycles. The van der Waals surface area contributed by atoms with E-state index in [2.05, 4.69) is 50.4 Å². The molecule has 0 aliphatic carbocycles. The number of nitrogens with one attached hydrogen (secondary N) is 3. The summed E-state index contributed by atoms with van der Waals surface area (Å²) >= 11 is 0. The minimum Gasteiger partial charge on any atom is -0.351 e. The standard InChI is InChI=1S/C19H31N3O/c1-5-20-19(23)16(4)22-12-10-21(11-13-22)14-17-6-8-18(9-7-17)15(2)3/h6-9,15-16H,5,10-14H2,1-4H3,(H,20,23)/p+2/t16-/m0/s1. The van der Waals surface area contributed by atoms with E-state index in [0.717, 1.165) is 39.3 Å². The third kappa shape index (κ3) is 5.05. The minimum absolute atomic E-state index is 0.0711. The Morgan fingerprint density at radius 3 is 2.22 bits per heavy atom. The van der Waals surface area contributed by atoms with Crippen molar-refractivity contribution in [1.82, 2.24) is 5.32 Å². The summed E-state index contributed by atoms with van der Waals surface area (Å²) in [7, 11) is 0. The number of piperazine rings is 1. The van der Waals surface area contributed by atoms with Crippen LogP contribution in [-0.2, 0) is 11.3 Å². The highest BCUT2D eigenvalue weighted by Crippen LogP contribution is 2.14. The van der Waals surface area contributed by atoms with Gasteiger partial charge in [0.1, 0.15) is 32.7 Å². The first-order valence-corrected chi connectivity index (χ1v) is 9.06. The molecule has 0 aromatic heterocycles. The summed E-state index contributed by atoms with van der Waals surface area (Å²) in [4.78, 5) is 15.0. The second-order valence-electron chi connectivity index (χ2n) is 7.10. The fourth-order valence-electron chi connectivity index (χ4n) is 3.36. The van der Waals surface area contributed by atoms with Gasteiger partial charge in [-0.05, 0) is 25.3 Å². The van der Waals surface area contributed by atoms with E-state index in [9.17, 15) is 4.79 Å². The number of carbonyl (C=O) groups is 1. The predicted molar refractivity (Wildman–Crippen MR) is 93.8 cm³/mol. The van der Waals surface area contributed by atoms with Crippen LogP contribution in [0.5, 0.6) is 0 Å². The van der Waals surface area contributed by atoms with Crippen LogP contribution in [-0.4, -0.2) is 44.7 Å². The lowest BCUT2D eigenvalue weighted by Gasteiger charge is -2.32. The zero-order valence-electron chi connectivity index (χ0n) is 15.1. The number of benzene rings is 1. The summed E-state index contributed by atoms with van der Waals surface area (Å²) in [6.07, 6.45) is 0. The number of hydrogen-bond acceptors (Lipinski definition) is 1. The third-order valence-corrected chi connectivity index (χ3v) is 5.06. The van der Waals surface area contributed by atoms with Crippen molar-refractivity contribution < 1.29 is 14.6 Å². The summed E-state index contributed by atoms with van der Waals surface area (Å²) in [5.41, 5.74) is 2.83. The van der Waals surface area contributed by atoms with Crippen molar-refractivity contribution in [3.8, 4) is 0 Å². The van der Waals surface area contributed by atoms with Gasteiger partial charge in [-0.1, -0.05) is 38.1 Å². The summed E-state index contributed by atoms with van der Waals surface area (Å²) in [6, 6.07) is 9.15. The molecule has 1 amide bonds. The zero-order valence-corrected chi connectivity index (χ0v) is 15.1. The zero-order chi connectivity index (χ0) is 16.8. The van der Waals surface area contributed by atoms with E-state index in [1.165, 1.54) is 16.0 Å². The van der Waals surface area contributed by atoms with Gasteiger partial charge in [0, 0.05) is 12.1 Å². The van der Waals surface area contributed by atoms with E-state index in [4.69, 9.17) is 0 Å². The van der Waals surface area contributed by atoms with Crippen LogP contribution in [0.3, 0.4) is 0 Å². The van der Waals surface area contributed by atoms with Crippen LogP contribution >= 0.6 is 0 Å². The molecule has 2 rings (SSSR count). The van der Waals surface area contributed by atoms with Gasteiger partial charge in [0.15, 0.2) is 6.04 Å². The quantitative estimate of drug-likeness (QED) is 0.657. The summed E-state index contributed by atoms with van der Waals surface area (Å²) < 4.78 is 0. The Bertz CT molecular complexity index is 490. The Morgan fingerprint density at radius 1 is 1.09 bits per heavy atom. The molecule has 23 heavy (non-hydrogen) atoms. The molecular weight excluding hydrogens is 286 g/mol. The second-order valence-corrected chi connectivity index (χ2v) is 7.10. The maximum absolute atomic E-state index is 12.0. The van der Waals surface area contributed by atoms with E-state index >= 15 is 0 Å². The van der Waals surface area contributed by atoms with Gasteiger partial charge >= 0.3 is 0 Å². The van der Waals surface area contributed by atoms with E-state index in [-0.39, 0.29) is 11.9 Å². The molecule has 4 heteroatoms. The van der Waals surface area contributed by atoms with Gasteiger partial charge in [-0.15, -0.1) is 0 Å². The normalized spacial score (nSPS) is 22.8. The van der Waals surface area contributed by atoms with Crippen LogP contribution in [0, 0.1) is 0 Å². The Balaban J connectivity index is 1.81. The van der Waals surface area contributed by atoms with Crippen molar-refractivity contribution in [2.45, 2.75) is 46.2 Å². The van der Waals surface area contributed by atoms with E-state index < -0.39 is 0 Å². The van der Waals surface area contributed by atoms with E-state index in [1.54, 1.807) is 4.90 Å². The van der Waals surface area contributed by atoms with Crippen LogP contribution in [0.1, 0.15) is 44.7 Å². The molecule has 1 saturated heterocycles. The van der Waals surface area contributed by atoms with Crippen LogP contribution in [0.25, 0.3) is 0 Å². The monoisotopic (exact) mass is 319 g/mol. The van der Waals surface area contributed by atoms with Crippen molar-refractivity contribution >= 4 is 5.91 Å². The van der Waals surface area contributed by atoms with Crippen LogP contribution < -0.4 is 15.1 Å². The molecule has 3 N–H and O–H groups in total. The Hall–Kier alpha value is -1.39. The topological polar surface area (TPSA) is 38.0 Å². The highest BCUT2D eigenvalue weighted by molar-refractivity contribution is 5.79. The fraction of sp³-hybridized carbons (Fsp3) is 0.632. The Kier molecular flexibility index (Phi) is 6.60. The molecule has 0 spiro atoms. The Morgan fingerprint density at radius 2 is 1.70 bits per heavy atom. The lowest BCUT2D eigenvalue weighted by atomic mass is 10.0. The lowest BCUT2D eigenvalue weighted by molar-refractivity contribution is -1.02. The van der Waals surface area contributed by atoms with Gasteiger partial charge in [0.05, 0.1) is 0 Å². The van der Waals surface area contributed by atoms with Crippen LogP contribution in [0.2, 0.25) is 0 Å². The highest BCUT2D eigenvalue weighted by Gasteiger charge is 2.30. The molecule has 1 atom stereocenters. The molecule has 1 heterocycles. The molecule has 4 nitrogen and oxygen atoms in total. The molecule has 0 bridgehead atoms. The average Bonchev–Trinajstić information content (AvgIpc) is 2.55. The summed E-state index contributed by atoms with van der Waals surface area (Å²) in [5, 5.41) is 2.94. The number of amides is 1. The molecule has 0 unspecified atom stereocenters. The molecule has 0 radical (unpaired) electrons. The molecule has 128 valence electrons. The Labute approximate surface area is 140 Å². The van der Waals surface area contributed by atoms with Crippen LogP contribution in [0.15, 0.2) is 24.3 Å². The molecule has 0 saturated carbocycles. The molecule has 1 aliphatic heterocycles. The fourth-order valence-corrected chi connectivity index (χ4v) is 3.36. The van der Waals surface area contributed by atoms with Crippen LogP contribution in [0.4, 0.5) is 0 Å². The van der Waals surface area contributed by atoms with Crippen molar-refractivity contribution in [2.24, 2.45) is 0 Å². The number of likely N-dealkylation sites (N-methyl/N-ethyl adjacent to an activating group) is 1. The number of rotatable bonds is 6. The van der Waals surface area contributed by atoms with Crippen molar-refractivity contribution in [1.29, 1.82) is 0 Å². The van der Waals surface area contributed by atoms with E-state index in [0.29, 0.717) is 5.92 Å². The van der Waals surface area contributed by atoms with Gasteiger partial charge in [0.25, 0.3) is 5.91 Å². The lowest BCUT2D eigenvalue weighted by Crippen LogP contribution is -3.29. The van der Waals surface area contributed by atoms with Gasteiger partial charge in [-0.2, -0.15) is 0 Å². The van der Waals surface area contributed by atoms with Gasteiger partial charge in [-0.3, -0.25) is 4.79 Å². The maximum atomic E-state index is 12.0. The molecule has 1 fully saturated rings. The largest absolute Gasteiger partial charge is 0.351 e. The first-order chi connectivity index (χ1) is 11.0. The first-order valence-electron chi connectivity index (χ1n) is 9.06. The van der Waals surface area contributed by atoms with Gasteiger partial charge < -0.3 is 15.1 Å². The average molecular weight is 319 g/mol. The molecule has 1 aromatic rings. The van der Waals surface area contributed by atoms with Crippen molar-refractivity contribution in [2.75, 3.05) is 32.7 Å². The smallest absolute Gasteiger partial charge is 0.278 e. The molecular formula is C19H33N3O+2. The molecule has 1 aliphatic rings. The minimum atomic E-state index is 0.0711. The summed E-state index contributed by atoms with van der Waals surface area (Å²) in [6.45, 7) is 14.8. The maximum Gasteiger partial charge on any atom is 0.278 e. The summed E-state index contributed by atoms with van der Waals surface area (Å²) in [5.74, 6) is 0.787. The van der Waals surface area contributed by atoms with Gasteiger partial charge in [-0.25, -0.2) is 0 Å². The van der Waals surface area contributed by atoms with E-state index in [1.807, 2.05) is 6.92 Å². The van der Waals surface area contributed by atoms with Gasteiger partial charge in [0.2, 0.25) is 0 Å². The van der Waals surface area contributed by atoms with Crippen molar-refractivity contribution in [3.05, 3.63) is 35.4 Å². The predicted octanol–water partition coefficient (Wildman–Crippen LogP) is -0.382. The third-order valence-electron chi connectivity index (χ3n) is 5.06. The first kappa shape index (κ1) is 18.0. The number of quaternary nitrogens is 2. The number of carbonyl (C=O) groups excluding carboxylic acids is 1.